The Kier molecular flexibility index (Phi) is 61.4. The standard InChI is InChI=1S/C72H151O15P7S14/c1-32-74-72(73)33-34-102-89(96,82-67(27)45-107-93(100,84-66(26)44-103-88(95,43-58(18)35-50(2)3)75-59(19)36-51(4)5)85-69(29)47-104-90(97,76-60(20)37-52(6)7)77-61(21)38-53(8)9)83-68(28)46-108-94(101,86-70(30)48-105-91(98,78-62(22)39-54(10)11)79-63(23)40-55(12)13)87-71(31)49-106-92(99,80-64(24)41-56(14)15)81-65(25)42-57(16)17/h50-71H,32-49H2,1-31H3. The number of rotatable bonds is 67. The molecule has 108 heavy (non-hydrogen) atoms. The van der Waals surface area contributed by atoms with Gasteiger partial charge in [-0.05, 0) is 272 Å². The molecule has 36 heteroatoms. The van der Waals surface area contributed by atoms with Gasteiger partial charge in [0, 0.05) is 46.4 Å². The second-order valence-corrected chi connectivity index (χ2v) is 77.7. The second kappa shape index (κ2) is 58.2. The lowest BCUT2D eigenvalue weighted by molar-refractivity contribution is -0.142. The van der Waals surface area contributed by atoms with E-state index >= 15 is 0 Å². The van der Waals surface area contributed by atoms with E-state index in [1.807, 2.05) is 41.5 Å². The smallest absolute Gasteiger partial charge is 0.306 e. The topological polar surface area (TPSA) is 146 Å². The molecule has 0 aliphatic rings. The van der Waals surface area contributed by atoms with Crippen LogP contribution in [0.1, 0.15) is 272 Å². The Morgan fingerprint density at radius 3 is 0.648 bits per heavy atom. The zero-order valence-corrected chi connectivity index (χ0v) is 89.6. The van der Waals surface area contributed by atoms with Crippen LogP contribution in [0, 0.1) is 53.3 Å². The number of carbonyl (C=O) groups is 1. The van der Waals surface area contributed by atoms with Crippen LogP contribution in [0.3, 0.4) is 0 Å². The Hall–Kier alpha value is 5.95. The number of esters is 1. The number of hydrogen-bond acceptors (Lipinski definition) is 29. The maximum atomic E-state index is 13.0. The summed E-state index contributed by atoms with van der Waals surface area (Å²) >= 11 is 55.9. The minimum atomic E-state index is -3.30. The summed E-state index contributed by atoms with van der Waals surface area (Å²) in [4.78, 5) is 13.0. The van der Waals surface area contributed by atoms with Crippen molar-refractivity contribution < 1.29 is 68.3 Å². The highest BCUT2D eigenvalue weighted by Gasteiger charge is 2.38. The molecule has 17 unspecified atom stereocenters. The van der Waals surface area contributed by atoms with Gasteiger partial charge < -0.3 is 63.5 Å². The molecule has 15 nitrogen and oxygen atoms in total. The maximum absolute atomic E-state index is 13.0. The largest absolute Gasteiger partial charge is 0.466 e. The predicted molar refractivity (Wildman–Crippen MR) is 515 cm³/mol. The highest BCUT2D eigenvalue weighted by atomic mass is 32.9. The normalized spacial score (nSPS) is 20.7. The molecule has 0 N–H and O–H groups in total. The monoisotopic (exact) mass is 1920 g/mol. The van der Waals surface area contributed by atoms with E-state index in [9.17, 15) is 4.79 Å². The molecule has 0 aromatic heterocycles. The number of ether oxygens (including phenoxy) is 1. The minimum absolute atomic E-state index is 0.0201. The first kappa shape index (κ1) is 114. The fourth-order valence-electron chi connectivity index (χ4n) is 11.6. The lowest BCUT2D eigenvalue weighted by Gasteiger charge is -2.33. The van der Waals surface area contributed by atoms with E-state index < -0.39 is 70.1 Å². The summed E-state index contributed by atoms with van der Waals surface area (Å²) in [5.74, 6) is 6.45. The molecule has 0 saturated heterocycles. The van der Waals surface area contributed by atoms with Crippen LogP contribution in [0.15, 0.2) is 0 Å². The fourth-order valence-corrected chi connectivity index (χ4v) is 52.4. The van der Waals surface area contributed by atoms with Crippen molar-refractivity contribution in [1.82, 2.24) is 0 Å². The van der Waals surface area contributed by atoms with Crippen molar-refractivity contribution in [2.24, 2.45) is 53.3 Å². The van der Waals surface area contributed by atoms with E-state index in [4.69, 9.17) is 146 Å². The molecular formula is C72H151O15P7S14. The van der Waals surface area contributed by atoms with E-state index in [0.29, 0.717) is 93.5 Å². The van der Waals surface area contributed by atoms with Crippen molar-refractivity contribution >= 4 is 208 Å². The van der Waals surface area contributed by atoms with Gasteiger partial charge in [0.25, 0.3) is 0 Å². The molecule has 0 bridgehead atoms. The first-order chi connectivity index (χ1) is 49.5. The predicted octanol–water partition coefficient (Wildman–Crippen LogP) is 29.0. The molecule has 17 atom stereocenters. The van der Waals surface area contributed by atoms with E-state index in [-0.39, 0.29) is 67.8 Å². The molecule has 0 saturated carbocycles. The van der Waals surface area contributed by atoms with Crippen LogP contribution >= 0.6 is 119 Å². The Balaban J connectivity index is 7.75. The van der Waals surface area contributed by atoms with Crippen LogP contribution < -0.4 is 0 Å². The lowest BCUT2D eigenvalue weighted by atomic mass is 10.0. The zero-order chi connectivity index (χ0) is 83.4. The van der Waals surface area contributed by atoms with Gasteiger partial charge in [-0.3, -0.25) is 4.79 Å². The van der Waals surface area contributed by atoms with Crippen LogP contribution in [0.2, 0.25) is 0 Å². The summed E-state index contributed by atoms with van der Waals surface area (Å²) < 4.78 is 94.8. The van der Waals surface area contributed by atoms with Gasteiger partial charge in [-0.2, -0.15) is 0 Å². The van der Waals surface area contributed by atoms with Gasteiger partial charge in [-0.15, -0.1) is 0 Å². The first-order valence-corrected chi connectivity index (χ1v) is 69.2. The molecule has 0 aliphatic heterocycles. The summed E-state index contributed by atoms with van der Waals surface area (Å²) in [5, 5.41) is 0. The summed E-state index contributed by atoms with van der Waals surface area (Å²) in [6.45, 7) is 66.1. The average Bonchev–Trinajstić information content (AvgIpc) is 0.837. The number of hydrogen-bond donors (Lipinski definition) is 0. The summed E-state index contributed by atoms with van der Waals surface area (Å²) in [5.41, 5.74) is -20.8. The van der Waals surface area contributed by atoms with E-state index in [1.165, 1.54) is 68.3 Å². The third-order valence-corrected chi connectivity index (χ3v) is 54.7. The Bertz CT molecular complexity index is 2410. The molecule has 0 fully saturated rings. The summed E-state index contributed by atoms with van der Waals surface area (Å²) in [6.07, 6.45) is 4.71. The van der Waals surface area contributed by atoms with Gasteiger partial charge in [0.2, 0.25) is 34.2 Å². The van der Waals surface area contributed by atoms with Crippen molar-refractivity contribution in [3.05, 3.63) is 0 Å². The van der Waals surface area contributed by atoms with Crippen molar-refractivity contribution in [2.45, 2.75) is 352 Å². The van der Waals surface area contributed by atoms with Crippen molar-refractivity contribution in [1.29, 1.82) is 0 Å². The fraction of sp³-hybridized carbons (Fsp3) is 0.986. The number of carbonyl (C=O) groups excluding carboxylic acids is 1. The van der Waals surface area contributed by atoms with Gasteiger partial charge in [0.05, 0.1) is 92.4 Å². The van der Waals surface area contributed by atoms with Gasteiger partial charge in [-0.1, -0.05) is 209 Å². The summed E-state index contributed by atoms with van der Waals surface area (Å²) in [7, 11) is 0. The van der Waals surface area contributed by atoms with Gasteiger partial charge in [0.1, 0.15) is 5.47 Å². The van der Waals surface area contributed by atoms with Crippen molar-refractivity contribution in [3.63, 3.8) is 0 Å². The lowest BCUT2D eigenvalue weighted by Crippen LogP contribution is -2.19. The Morgan fingerprint density at radius 1 is 0.259 bits per heavy atom. The van der Waals surface area contributed by atoms with Crippen LogP contribution in [0.25, 0.3) is 0 Å². The zero-order valence-electron chi connectivity index (χ0n) is 71.9. The van der Waals surface area contributed by atoms with Crippen molar-refractivity contribution in [2.75, 3.05) is 53.0 Å². The molecule has 0 spiro atoms. The second-order valence-electron chi connectivity index (χ2n) is 32.7. The molecule has 0 aromatic carbocycles. The Morgan fingerprint density at radius 2 is 0.444 bits per heavy atom. The summed E-state index contributed by atoms with van der Waals surface area (Å²) in [6, 6.07) is 0. The van der Waals surface area contributed by atoms with E-state index in [2.05, 4.69) is 166 Å². The molecule has 0 rings (SSSR count). The quantitative estimate of drug-likeness (QED) is 0.0420. The third kappa shape index (κ3) is 58.1. The third-order valence-electron chi connectivity index (χ3n) is 14.8. The van der Waals surface area contributed by atoms with Crippen LogP contribution in [0.5, 0.6) is 0 Å². The highest BCUT2D eigenvalue weighted by Crippen LogP contribution is 2.71. The van der Waals surface area contributed by atoms with Crippen LogP contribution in [0.4, 0.5) is 0 Å². The minimum Gasteiger partial charge on any atom is -0.466 e. The Labute approximate surface area is 726 Å². The van der Waals surface area contributed by atoms with Crippen molar-refractivity contribution in [3.8, 4) is 0 Å². The van der Waals surface area contributed by atoms with Gasteiger partial charge in [-0.25, -0.2) is 0 Å². The maximum Gasteiger partial charge on any atom is 0.306 e. The van der Waals surface area contributed by atoms with Crippen LogP contribution in [-0.2, 0) is 151 Å². The van der Waals surface area contributed by atoms with E-state index in [0.717, 1.165) is 57.5 Å². The molecule has 0 heterocycles. The van der Waals surface area contributed by atoms with E-state index in [1.54, 1.807) is 18.3 Å². The highest BCUT2D eigenvalue weighted by molar-refractivity contribution is 8.71. The molecule has 0 aromatic rings. The molecule has 0 radical (unpaired) electrons. The van der Waals surface area contributed by atoms with Crippen LogP contribution in [-0.4, -0.2) is 138 Å². The van der Waals surface area contributed by atoms with Gasteiger partial charge >= 0.3 is 5.97 Å². The van der Waals surface area contributed by atoms with Gasteiger partial charge in [0.15, 0.2) is 0 Å². The molecule has 0 amide bonds. The molecular weight excluding hydrogens is 1770 g/mol. The first-order valence-electron chi connectivity index (χ1n) is 39.3. The molecule has 648 valence electrons. The average molecular weight is 1920 g/mol. The molecule has 0 aliphatic carbocycles. The SMILES string of the molecule is CCOC(=O)CCSP(=S)(OC(C)CSP(=S)(OC(C)CSP(=S)(CC(C)CC(C)C)OC(C)CC(C)C)OC(C)CSP(=S)(OC(C)CC(C)C)OC(C)CC(C)C)OC(C)CSP(=S)(OC(C)CSP(=S)(OC(C)CC(C)C)OC(C)CC(C)C)OC(C)CSP(=S)(OC(C)CC(C)C)OC(C)CC(C)C.